The molecule has 0 aliphatic heterocycles. The predicted octanol–water partition coefficient (Wildman–Crippen LogP) is 1.77. The van der Waals surface area contributed by atoms with Gasteiger partial charge in [0, 0.05) is 17.3 Å². The number of sulfonamides is 1. The van der Waals surface area contributed by atoms with Crippen LogP contribution in [0.25, 0.3) is 10.9 Å². The van der Waals surface area contributed by atoms with Crippen LogP contribution in [0, 0.1) is 0 Å². The van der Waals surface area contributed by atoms with Crippen molar-refractivity contribution in [2.45, 2.75) is 23.0 Å². The lowest BCUT2D eigenvalue weighted by Gasteiger charge is -2.03. The van der Waals surface area contributed by atoms with Crippen LogP contribution in [0.1, 0.15) is 12.8 Å². The highest BCUT2D eigenvalue weighted by Gasteiger charge is 2.36. The summed E-state index contributed by atoms with van der Waals surface area (Å²) in [7, 11) is -1.51. The quantitative estimate of drug-likeness (QED) is 0.844. The molecule has 1 N–H and O–H groups in total. The number of para-hydroxylation sites is 1. The second kappa shape index (κ2) is 3.89. The van der Waals surface area contributed by atoms with Crippen molar-refractivity contribution in [3.63, 3.8) is 0 Å². The van der Waals surface area contributed by atoms with Crippen molar-refractivity contribution in [1.29, 1.82) is 0 Å². The van der Waals surface area contributed by atoms with E-state index in [2.05, 4.69) is 22.4 Å². The minimum atomic E-state index is -3.28. The van der Waals surface area contributed by atoms with Gasteiger partial charge in [0.15, 0.2) is 5.82 Å². The minimum absolute atomic E-state index is 0.256. The van der Waals surface area contributed by atoms with Crippen LogP contribution in [-0.4, -0.2) is 23.4 Å². The Bertz CT molecular complexity index is 717. The first kappa shape index (κ1) is 11.9. The third kappa shape index (κ3) is 1.87. The maximum Gasteiger partial charge on any atom is 0.236 e. The van der Waals surface area contributed by atoms with Crippen molar-refractivity contribution >= 4 is 39.4 Å². The topological polar surface area (TPSA) is 64.0 Å². The summed E-state index contributed by atoms with van der Waals surface area (Å²) in [4.78, 5) is 0.777. The highest BCUT2D eigenvalue weighted by atomic mass is 32.2. The van der Waals surface area contributed by atoms with Gasteiger partial charge in [-0.15, -0.1) is 12.6 Å². The third-order valence-electron chi connectivity index (χ3n) is 3.05. The molecule has 5 nitrogen and oxygen atoms in total. The molecule has 0 radical (unpaired) electrons. The van der Waals surface area contributed by atoms with Crippen molar-refractivity contribution in [2.75, 3.05) is 4.72 Å². The van der Waals surface area contributed by atoms with E-state index >= 15 is 0 Å². The lowest BCUT2D eigenvalue weighted by molar-refractivity contribution is 0.599. The molecule has 0 bridgehead atoms. The monoisotopic (exact) mass is 283 g/mol. The molecule has 3 rings (SSSR count). The number of nitrogens with one attached hydrogen (secondary N) is 1. The third-order valence-corrected chi connectivity index (χ3v) is 5.23. The molecule has 0 unspecified atom stereocenters. The number of aromatic nitrogens is 2. The molecule has 1 aromatic heterocycles. The van der Waals surface area contributed by atoms with Crippen LogP contribution in [0.3, 0.4) is 0 Å². The number of hydrogen-bond acceptors (Lipinski definition) is 4. The van der Waals surface area contributed by atoms with Crippen LogP contribution in [0.4, 0.5) is 5.82 Å². The zero-order valence-electron chi connectivity index (χ0n) is 9.79. The van der Waals surface area contributed by atoms with Crippen LogP contribution in [-0.2, 0) is 17.1 Å². The second-order valence-electron chi connectivity index (χ2n) is 4.49. The van der Waals surface area contributed by atoms with Gasteiger partial charge in [-0.3, -0.25) is 9.40 Å². The number of rotatable bonds is 3. The van der Waals surface area contributed by atoms with Crippen molar-refractivity contribution in [2.24, 2.45) is 7.05 Å². The second-order valence-corrected chi connectivity index (χ2v) is 6.93. The summed E-state index contributed by atoms with van der Waals surface area (Å²) < 4.78 is 28.1. The molecule has 0 atom stereocenters. The summed E-state index contributed by atoms with van der Waals surface area (Å²) in [6, 6.07) is 5.53. The molecular weight excluding hydrogens is 270 g/mol. The van der Waals surface area contributed by atoms with Crippen LogP contribution in [0.5, 0.6) is 0 Å². The Morgan fingerprint density at radius 1 is 1.44 bits per heavy atom. The summed E-state index contributed by atoms with van der Waals surface area (Å²) in [5, 5.41) is 4.74. The molecule has 1 aromatic carbocycles. The smallest absolute Gasteiger partial charge is 0.236 e. The fourth-order valence-electron chi connectivity index (χ4n) is 1.99. The summed E-state index contributed by atoms with van der Waals surface area (Å²) in [6.07, 6.45) is 1.47. The molecule has 0 saturated heterocycles. The van der Waals surface area contributed by atoms with Gasteiger partial charge in [-0.2, -0.15) is 5.10 Å². The van der Waals surface area contributed by atoms with Crippen molar-refractivity contribution in [3.8, 4) is 0 Å². The minimum Gasteiger partial charge on any atom is -0.265 e. The number of anilines is 1. The van der Waals surface area contributed by atoms with E-state index < -0.39 is 10.0 Å². The van der Waals surface area contributed by atoms with Gasteiger partial charge in [-0.1, -0.05) is 6.07 Å². The lowest BCUT2D eigenvalue weighted by Crippen LogP contribution is -2.17. The van der Waals surface area contributed by atoms with Crippen molar-refractivity contribution in [3.05, 3.63) is 18.2 Å². The van der Waals surface area contributed by atoms with Gasteiger partial charge >= 0.3 is 0 Å². The first-order chi connectivity index (χ1) is 8.49. The van der Waals surface area contributed by atoms with E-state index in [4.69, 9.17) is 0 Å². The molecule has 7 heteroatoms. The molecule has 1 fully saturated rings. The number of nitrogens with zero attached hydrogens (tertiary/aromatic N) is 2. The molecule has 0 amide bonds. The first-order valence-electron chi connectivity index (χ1n) is 5.65. The Kier molecular flexibility index (Phi) is 2.56. The van der Waals surface area contributed by atoms with E-state index in [-0.39, 0.29) is 5.25 Å². The van der Waals surface area contributed by atoms with Crippen LogP contribution >= 0.6 is 12.6 Å². The highest BCUT2D eigenvalue weighted by molar-refractivity contribution is 7.93. The van der Waals surface area contributed by atoms with E-state index in [1.165, 1.54) is 0 Å². The number of hydrogen-bond donors (Lipinski definition) is 2. The predicted molar refractivity (Wildman–Crippen MR) is 73.5 cm³/mol. The summed E-state index contributed by atoms with van der Waals surface area (Å²) >= 11 is 4.36. The Morgan fingerprint density at radius 2 is 2.17 bits per heavy atom. The number of thiol groups is 1. The molecule has 18 heavy (non-hydrogen) atoms. The van der Waals surface area contributed by atoms with Gasteiger partial charge in [0.25, 0.3) is 0 Å². The average Bonchev–Trinajstić information content (AvgIpc) is 3.07. The summed E-state index contributed by atoms with van der Waals surface area (Å²) in [6.45, 7) is 0. The molecule has 2 aromatic rings. The van der Waals surface area contributed by atoms with E-state index in [1.807, 2.05) is 18.2 Å². The van der Waals surface area contributed by atoms with E-state index in [9.17, 15) is 8.42 Å². The highest BCUT2D eigenvalue weighted by Crippen LogP contribution is 2.32. The van der Waals surface area contributed by atoms with Gasteiger partial charge in [0.2, 0.25) is 10.0 Å². The van der Waals surface area contributed by atoms with Crippen LogP contribution in [0.15, 0.2) is 23.1 Å². The van der Waals surface area contributed by atoms with Gasteiger partial charge in [0.05, 0.1) is 10.8 Å². The van der Waals surface area contributed by atoms with Gasteiger partial charge in [-0.25, -0.2) is 8.42 Å². The Morgan fingerprint density at radius 3 is 2.83 bits per heavy atom. The molecule has 96 valence electrons. The number of fused-ring (bicyclic) bond motifs is 1. The zero-order chi connectivity index (χ0) is 12.9. The van der Waals surface area contributed by atoms with Crippen molar-refractivity contribution in [1.82, 2.24) is 9.78 Å². The normalized spacial score (nSPS) is 16.1. The van der Waals surface area contributed by atoms with E-state index in [0.717, 1.165) is 28.6 Å². The fraction of sp³-hybridized carbons (Fsp3) is 0.364. The summed E-state index contributed by atoms with van der Waals surface area (Å²) in [5.74, 6) is 0.385. The SMILES string of the molecule is Cn1nc(NS(=O)(=O)C2CC2)c2cccc(S)c21. The molecule has 1 heterocycles. The number of aryl methyl sites for hydroxylation is 1. The fourth-order valence-corrected chi connectivity index (χ4v) is 3.68. The van der Waals surface area contributed by atoms with Gasteiger partial charge < -0.3 is 0 Å². The lowest BCUT2D eigenvalue weighted by atomic mass is 10.2. The Balaban J connectivity index is 2.10. The van der Waals surface area contributed by atoms with Gasteiger partial charge in [-0.05, 0) is 25.0 Å². The van der Waals surface area contributed by atoms with Crippen LogP contribution < -0.4 is 4.72 Å². The molecular formula is C11H13N3O2S2. The maximum absolute atomic E-state index is 11.9. The van der Waals surface area contributed by atoms with Crippen LogP contribution in [0.2, 0.25) is 0 Å². The zero-order valence-corrected chi connectivity index (χ0v) is 11.5. The first-order valence-corrected chi connectivity index (χ1v) is 7.65. The molecule has 1 aliphatic carbocycles. The standard InChI is InChI=1S/C11H13N3O2S2/c1-14-10-8(3-2-4-9(10)17)11(12-14)13-18(15,16)7-5-6-7/h2-4,7,17H,5-6H2,1H3,(H,12,13). The van der Waals surface area contributed by atoms with Crippen molar-refractivity contribution < 1.29 is 8.42 Å². The molecule has 0 spiro atoms. The Hall–Kier alpha value is -1.21. The number of benzene rings is 1. The average molecular weight is 283 g/mol. The van der Waals surface area contributed by atoms with E-state index in [1.54, 1.807) is 11.7 Å². The molecule has 1 aliphatic rings. The largest absolute Gasteiger partial charge is 0.265 e. The van der Waals surface area contributed by atoms with Gasteiger partial charge in [0.1, 0.15) is 0 Å². The van der Waals surface area contributed by atoms with E-state index in [0.29, 0.717) is 5.82 Å². The maximum atomic E-state index is 11.9. The summed E-state index contributed by atoms with van der Waals surface area (Å²) in [5.41, 5.74) is 0.828. The Labute approximate surface area is 111 Å². The molecule has 1 saturated carbocycles.